The molecule has 0 saturated carbocycles. The Labute approximate surface area is 135 Å². The number of hydrogen-bond donors (Lipinski definition) is 2. The molecule has 0 radical (unpaired) electrons. The van der Waals surface area contributed by atoms with Crippen molar-refractivity contribution in [2.75, 3.05) is 12.3 Å². The van der Waals surface area contributed by atoms with Crippen molar-refractivity contribution in [3.63, 3.8) is 0 Å². The van der Waals surface area contributed by atoms with E-state index in [1.807, 2.05) is 30.3 Å². The molecule has 0 aliphatic carbocycles. The fraction of sp³-hybridized carbons (Fsp3) is 0.412. The summed E-state index contributed by atoms with van der Waals surface area (Å²) in [5.74, 6) is 1.05. The molecule has 1 fully saturated rings. The first-order chi connectivity index (χ1) is 11.1. The minimum absolute atomic E-state index is 0.0874. The largest absolute Gasteiger partial charge is 0.445 e. The smallest absolute Gasteiger partial charge is 0.410 e. The molecule has 1 aliphatic heterocycles. The third kappa shape index (κ3) is 3.64. The van der Waals surface area contributed by atoms with Crippen molar-refractivity contribution < 1.29 is 9.53 Å². The third-order valence-corrected chi connectivity index (χ3v) is 4.26. The van der Waals surface area contributed by atoms with Gasteiger partial charge in [0, 0.05) is 12.6 Å². The van der Waals surface area contributed by atoms with Gasteiger partial charge >= 0.3 is 6.09 Å². The topological polar surface area (TPSA) is 84.2 Å². The van der Waals surface area contributed by atoms with Crippen LogP contribution in [0, 0.1) is 5.92 Å². The third-order valence-electron chi connectivity index (χ3n) is 4.26. The number of nitrogens with zero attached hydrogens (tertiary/aromatic N) is 2. The van der Waals surface area contributed by atoms with E-state index in [9.17, 15) is 4.79 Å². The van der Waals surface area contributed by atoms with E-state index >= 15 is 0 Å². The molecule has 2 atom stereocenters. The van der Waals surface area contributed by atoms with E-state index in [1.165, 1.54) is 0 Å². The number of hydrogen-bond acceptors (Lipinski definition) is 4. The zero-order valence-corrected chi connectivity index (χ0v) is 13.2. The van der Waals surface area contributed by atoms with E-state index in [4.69, 9.17) is 10.5 Å². The zero-order valence-electron chi connectivity index (χ0n) is 13.2. The Kier molecular flexibility index (Phi) is 4.50. The zero-order chi connectivity index (χ0) is 16.2. The van der Waals surface area contributed by atoms with Gasteiger partial charge in [0.05, 0.1) is 11.7 Å². The maximum atomic E-state index is 12.5. The lowest BCUT2D eigenvalue weighted by atomic mass is 9.91. The molecule has 6 nitrogen and oxygen atoms in total. The number of amides is 1. The maximum Gasteiger partial charge on any atom is 0.410 e. The minimum Gasteiger partial charge on any atom is -0.445 e. The summed E-state index contributed by atoms with van der Waals surface area (Å²) in [5, 5.41) is 6.97. The molecule has 23 heavy (non-hydrogen) atoms. The Morgan fingerprint density at radius 3 is 2.91 bits per heavy atom. The fourth-order valence-electron chi connectivity index (χ4n) is 2.97. The molecule has 1 amide bonds. The Balaban J connectivity index is 1.69. The van der Waals surface area contributed by atoms with Crippen LogP contribution in [-0.2, 0) is 11.3 Å². The second-order valence-corrected chi connectivity index (χ2v) is 6.13. The summed E-state index contributed by atoms with van der Waals surface area (Å²) >= 11 is 0. The van der Waals surface area contributed by atoms with E-state index in [0.29, 0.717) is 18.3 Å². The van der Waals surface area contributed by atoms with Crippen molar-refractivity contribution in [3.05, 3.63) is 47.7 Å². The van der Waals surface area contributed by atoms with Crippen LogP contribution >= 0.6 is 0 Å². The summed E-state index contributed by atoms with van der Waals surface area (Å²) in [5.41, 5.74) is 7.50. The van der Waals surface area contributed by atoms with Crippen molar-refractivity contribution in [1.29, 1.82) is 0 Å². The predicted molar refractivity (Wildman–Crippen MR) is 87.5 cm³/mol. The number of likely N-dealkylation sites (tertiary alicyclic amines) is 1. The van der Waals surface area contributed by atoms with Gasteiger partial charge in [-0.15, -0.1) is 0 Å². The summed E-state index contributed by atoms with van der Waals surface area (Å²) in [7, 11) is 0. The van der Waals surface area contributed by atoms with Crippen molar-refractivity contribution in [1.82, 2.24) is 15.1 Å². The Morgan fingerprint density at radius 1 is 1.43 bits per heavy atom. The summed E-state index contributed by atoms with van der Waals surface area (Å²) in [6, 6.07) is 11.4. The van der Waals surface area contributed by atoms with Crippen LogP contribution in [0.25, 0.3) is 0 Å². The maximum absolute atomic E-state index is 12.5. The van der Waals surface area contributed by atoms with Gasteiger partial charge in [0.25, 0.3) is 0 Å². The molecule has 3 rings (SSSR count). The predicted octanol–water partition coefficient (Wildman–Crippen LogP) is 3.10. The van der Waals surface area contributed by atoms with E-state index in [2.05, 4.69) is 17.1 Å². The van der Waals surface area contributed by atoms with Crippen LogP contribution in [0.3, 0.4) is 0 Å². The van der Waals surface area contributed by atoms with Gasteiger partial charge in [-0.25, -0.2) is 4.79 Å². The van der Waals surface area contributed by atoms with Gasteiger partial charge in [-0.3, -0.25) is 10.00 Å². The molecule has 0 spiro atoms. The van der Waals surface area contributed by atoms with E-state index in [-0.39, 0.29) is 18.7 Å². The van der Waals surface area contributed by atoms with Gasteiger partial charge in [-0.2, -0.15) is 5.10 Å². The van der Waals surface area contributed by atoms with Crippen molar-refractivity contribution in [3.8, 4) is 0 Å². The summed E-state index contributed by atoms with van der Waals surface area (Å²) in [6.45, 7) is 3.14. The average Bonchev–Trinajstić information content (AvgIpc) is 3.00. The molecule has 2 heterocycles. The fourth-order valence-corrected chi connectivity index (χ4v) is 2.97. The molecule has 2 aromatic rings. The number of nitrogens with one attached hydrogen (secondary N) is 1. The number of carbonyl (C=O) groups is 1. The molecule has 122 valence electrons. The number of ether oxygens (including phenoxy) is 1. The standard InChI is InChI=1S/C17H22N4O2/c1-12-7-8-21(15(9-12)14-10-16(18)20-19-14)17(22)23-11-13-5-3-2-4-6-13/h2-6,10,12,15H,7-9,11H2,1H3,(H3,18,19,20). The summed E-state index contributed by atoms with van der Waals surface area (Å²) < 4.78 is 5.48. The molecule has 6 heteroatoms. The van der Waals surface area contributed by atoms with Crippen LogP contribution in [0.1, 0.15) is 37.1 Å². The number of nitrogen functional groups attached to an aromatic ring is 1. The molecular weight excluding hydrogens is 292 g/mol. The van der Waals surface area contributed by atoms with Crippen molar-refractivity contribution >= 4 is 11.9 Å². The van der Waals surface area contributed by atoms with Crippen LogP contribution in [0.4, 0.5) is 10.6 Å². The monoisotopic (exact) mass is 314 g/mol. The first-order valence-corrected chi connectivity index (χ1v) is 7.91. The Morgan fingerprint density at radius 2 is 2.22 bits per heavy atom. The van der Waals surface area contributed by atoms with Crippen LogP contribution in [-0.4, -0.2) is 27.7 Å². The first-order valence-electron chi connectivity index (χ1n) is 7.91. The number of benzene rings is 1. The van der Waals surface area contributed by atoms with Crippen LogP contribution < -0.4 is 5.73 Å². The molecule has 2 unspecified atom stereocenters. The molecule has 3 N–H and O–H groups in total. The molecule has 1 aliphatic rings. The molecule has 0 bridgehead atoms. The van der Waals surface area contributed by atoms with E-state index in [1.54, 1.807) is 11.0 Å². The lowest BCUT2D eigenvalue weighted by Crippen LogP contribution is -2.41. The Bertz CT molecular complexity index is 656. The van der Waals surface area contributed by atoms with Crippen LogP contribution in [0.5, 0.6) is 0 Å². The second kappa shape index (κ2) is 6.73. The van der Waals surface area contributed by atoms with Crippen molar-refractivity contribution in [2.24, 2.45) is 5.92 Å². The normalized spacial score (nSPS) is 21.2. The van der Waals surface area contributed by atoms with Crippen molar-refractivity contribution in [2.45, 2.75) is 32.4 Å². The quantitative estimate of drug-likeness (QED) is 0.911. The Hall–Kier alpha value is -2.50. The molecular formula is C17H22N4O2. The van der Waals surface area contributed by atoms with Gasteiger partial charge in [0.1, 0.15) is 12.4 Å². The van der Waals surface area contributed by atoms with Gasteiger partial charge in [0.15, 0.2) is 0 Å². The molecule has 1 saturated heterocycles. The summed E-state index contributed by atoms with van der Waals surface area (Å²) in [4.78, 5) is 14.3. The lowest BCUT2D eigenvalue weighted by Gasteiger charge is -2.36. The highest BCUT2D eigenvalue weighted by Gasteiger charge is 2.33. The highest BCUT2D eigenvalue weighted by molar-refractivity contribution is 5.68. The van der Waals surface area contributed by atoms with Crippen LogP contribution in [0.2, 0.25) is 0 Å². The van der Waals surface area contributed by atoms with E-state index in [0.717, 1.165) is 24.1 Å². The van der Waals surface area contributed by atoms with Gasteiger partial charge in [-0.05, 0) is 24.3 Å². The number of H-pyrrole nitrogens is 1. The first kappa shape index (κ1) is 15.4. The number of carbonyl (C=O) groups excluding carboxylic acids is 1. The highest BCUT2D eigenvalue weighted by Crippen LogP contribution is 2.34. The highest BCUT2D eigenvalue weighted by atomic mass is 16.6. The van der Waals surface area contributed by atoms with E-state index < -0.39 is 0 Å². The number of nitrogens with two attached hydrogens (primary N) is 1. The molecule has 1 aromatic carbocycles. The number of rotatable bonds is 3. The number of anilines is 1. The number of piperidine rings is 1. The van der Waals surface area contributed by atoms with Gasteiger partial charge in [0.2, 0.25) is 0 Å². The second-order valence-electron chi connectivity index (χ2n) is 6.13. The minimum atomic E-state index is -0.299. The van der Waals surface area contributed by atoms with Gasteiger partial charge in [-0.1, -0.05) is 37.3 Å². The van der Waals surface area contributed by atoms with Crippen LogP contribution in [0.15, 0.2) is 36.4 Å². The summed E-state index contributed by atoms with van der Waals surface area (Å²) in [6.07, 6.45) is 1.54. The van der Waals surface area contributed by atoms with Gasteiger partial charge < -0.3 is 10.5 Å². The number of aromatic nitrogens is 2. The SMILES string of the molecule is CC1CCN(C(=O)OCc2ccccc2)C(c2cc(N)[nH]n2)C1. The number of aromatic amines is 1. The molecule has 1 aromatic heterocycles. The average molecular weight is 314 g/mol. The lowest BCUT2D eigenvalue weighted by molar-refractivity contribution is 0.0576.